The van der Waals surface area contributed by atoms with Gasteiger partial charge in [-0.25, -0.2) is 5.48 Å². The van der Waals surface area contributed by atoms with E-state index in [1.54, 1.807) is 18.1 Å². The summed E-state index contributed by atoms with van der Waals surface area (Å²) < 4.78 is 11.2. The number of nitrogens with one attached hydrogen (secondary N) is 2. The molecule has 0 spiro atoms. The minimum atomic E-state index is -0.523. The number of carbonyl (C=O) groups is 3. The average molecular weight is 524 g/mol. The predicted octanol–water partition coefficient (Wildman–Crippen LogP) is 4.77. The Morgan fingerprint density at radius 3 is 2.55 bits per heavy atom. The third kappa shape index (κ3) is 6.45. The number of hydroxylamine groups is 1. The summed E-state index contributed by atoms with van der Waals surface area (Å²) >= 11 is 0. The van der Waals surface area contributed by atoms with Gasteiger partial charge in [0.05, 0.1) is 36.6 Å². The van der Waals surface area contributed by atoms with Crippen LogP contribution in [0.2, 0.25) is 0 Å². The molecule has 9 heteroatoms. The van der Waals surface area contributed by atoms with Crippen molar-refractivity contribution in [2.75, 3.05) is 19.0 Å². The number of nitrogens with zero attached hydrogens (tertiary/aromatic N) is 1. The molecule has 1 atom stereocenters. The van der Waals surface area contributed by atoms with E-state index in [4.69, 9.17) is 14.3 Å². The number of hydrogen-bond acceptors (Lipinski definition) is 6. The van der Waals surface area contributed by atoms with Crippen LogP contribution in [0.25, 0.3) is 0 Å². The van der Waals surface area contributed by atoms with E-state index in [-0.39, 0.29) is 30.1 Å². The molecule has 0 saturated heterocycles. The Bertz CT molecular complexity index is 1200. The number of rotatable bonds is 11. The van der Waals surface area contributed by atoms with Crippen molar-refractivity contribution in [3.8, 4) is 11.5 Å². The first-order valence-electron chi connectivity index (χ1n) is 13.1. The number of ether oxygens (including phenoxy) is 2. The van der Waals surface area contributed by atoms with Gasteiger partial charge in [-0.15, -0.1) is 0 Å². The molecule has 4 rings (SSSR count). The Morgan fingerprint density at radius 1 is 1.13 bits per heavy atom. The number of benzene rings is 2. The van der Waals surface area contributed by atoms with Gasteiger partial charge in [-0.3, -0.25) is 19.2 Å². The summed E-state index contributed by atoms with van der Waals surface area (Å²) in [5, 5.41) is 2.95. The molecular formula is C29H37N3O6. The number of amides is 3. The number of hydrogen-bond donors (Lipinski definition) is 2. The smallest absolute Gasteiger partial charge is 0.257 e. The second kappa shape index (κ2) is 11.4. The molecule has 9 nitrogen and oxygen atoms in total. The van der Waals surface area contributed by atoms with Gasteiger partial charge < -0.3 is 19.7 Å². The average Bonchev–Trinajstić information content (AvgIpc) is 3.67. The molecule has 38 heavy (non-hydrogen) atoms. The molecule has 2 N–H and O–H groups in total. The summed E-state index contributed by atoms with van der Waals surface area (Å²) in [4.78, 5) is 46.1. The highest BCUT2D eigenvalue weighted by atomic mass is 16.7. The lowest BCUT2D eigenvalue weighted by molar-refractivity contribution is -0.145. The minimum Gasteiger partial charge on any atom is -0.493 e. The Labute approximate surface area is 223 Å². The van der Waals surface area contributed by atoms with Crippen molar-refractivity contribution in [3.63, 3.8) is 0 Å². The molecule has 2 aromatic carbocycles. The van der Waals surface area contributed by atoms with Crippen LogP contribution >= 0.6 is 0 Å². The van der Waals surface area contributed by atoms with Crippen molar-refractivity contribution in [1.82, 2.24) is 10.4 Å². The van der Waals surface area contributed by atoms with E-state index in [0.717, 1.165) is 24.0 Å². The molecule has 1 saturated carbocycles. The van der Waals surface area contributed by atoms with E-state index >= 15 is 0 Å². The van der Waals surface area contributed by atoms with Gasteiger partial charge in [-0.1, -0.05) is 18.2 Å². The lowest BCUT2D eigenvalue weighted by Crippen LogP contribution is -2.35. The van der Waals surface area contributed by atoms with Crippen LogP contribution in [0, 0.1) is 5.92 Å². The second-order valence-electron chi connectivity index (χ2n) is 10.7. The first-order chi connectivity index (χ1) is 18.1. The van der Waals surface area contributed by atoms with Gasteiger partial charge in [0, 0.05) is 18.9 Å². The summed E-state index contributed by atoms with van der Waals surface area (Å²) in [6.45, 7) is 8.26. The number of methoxy groups -OCH3 is 1. The van der Waals surface area contributed by atoms with Crippen molar-refractivity contribution in [2.45, 2.75) is 71.6 Å². The third-order valence-electron chi connectivity index (χ3n) is 6.54. The van der Waals surface area contributed by atoms with E-state index in [1.807, 2.05) is 58.0 Å². The van der Waals surface area contributed by atoms with E-state index < -0.39 is 11.6 Å². The molecular weight excluding hydrogens is 486 g/mol. The minimum absolute atomic E-state index is 0.0244. The van der Waals surface area contributed by atoms with Gasteiger partial charge in [-0.05, 0) is 76.3 Å². The Hall–Kier alpha value is -3.59. The molecule has 204 valence electrons. The molecule has 1 aliphatic carbocycles. The first kappa shape index (κ1) is 27.4. The van der Waals surface area contributed by atoms with Crippen molar-refractivity contribution in [3.05, 3.63) is 53.1 Å². The molecule has 1 aliphatic heterocycles. The standard InChI is InChI=1S/C29H37N3O6/c1-6-37-24-16-19(12-14-23(24)36-5)22(13-15-25(33)31-38-29(2,3)4)32-17-20-8-7-9-21(26(20)28(32)35)30-27(34)18-10-11-18/h7-9,12,14,16,18,22H,6,10-11,13,15,17H2,1-5H3,(H,30,34)(H,31,33). The van der Waals surface area contributed by atoms with Crippen LogP contribution in [-0.2, 0) is 21.0 Å². The summed E-state index contributed by atoms with van der Waals surface area (Å²) in [6.07, 6.45) is 2.26. The Morgan fingerprint density at radius 2 is 1.89 bits per heavy atom. The van der Waals surface area contributed by atoms with E-state index in [9.17, 15) is 14.4 Å². The number of anilines is 1. The number of carbonyl (C=O) groups excluding carboxylic acids is 3. The van der Waals surface area contributed by atoms with Crippen molar-refractivity contribution in [1.29, 1.82) is 0 Å². The molecule has 2 aliphatic rings. The van der Waals surface area contributed by atoms with Crippen molar-refractivity contribution >= 4 is 23.4 Å². The lowest BCUT2D eigenvalue weighted by atomic mass is 9.99. The fourth-order valence-electron chi connectivity index (χ4n) is 4.52. The van der Waals surface area contributed by atoms with Crippen LogP contribution in [0.15, 0.2) is 36.4 Å². The van der Waals surface area contributed by atoms with Gasteiger partial charge in [0.2, 0.25) is 11.8 Å². The quantitative estimate of drug-likeness (QED) is 0.411. The monoisotopic (exact) mass is 523 g/mol. The molecule has 1 heterocycles. The van der Waals surface area contributed by atoms with Crippen molar-refractivity contribution < 1.29 is 28.7 Å². The van der Waals surface area contributed by atoms with Crippen LogP contribution < -0.4 is 20.3 Å². The maximum Gasteiger partial charge on any atom is 0.257 e. The van der Waals surface area contributed by atoms with Gasteiger partial charge in [0.15, 0.2) is 11.5 Å². The molecule has 1 unspecified atom stereocenters. The van der Waals surface area contributed by atoms with Gasteiger partial charge >= 0.3 is 0 Å². The SMILES string of the molecule is CCOc1cc(C(CCC(=O)NOC(C)(C)C)N2Cc3cccc(NC(=O)C4CC4)c3C2=O)ccc1OC. The van der Waals surface area contributed by atoms with Crippen LogP contribution in [0.4, 0.5) is 5.69 Å². The van der Waals surface area contributed by atoms with E-state index in [0.29, 0.717) is 42.3 Å². The highest BCUT2D eigenvalue weighted by molar-refractivity contribution is 6.07. The molecule has 2 aromatic rings. The van der Waals surface area contributed by atoms with Crippen LogP contribution in [0.5, 0.6) is 11.5 Å². The largest absolute Gasteiger partial charge is 0.493 e. The molecule has 0 bridgehead atoms. The molecule has 0 radical (unpaired) electrons. The molecule has 0 aromatic heterocycles. The summed E-state index contributed by atoms with van der Waals surface area (Å²) in [6, 6.07) is 10.7. The fraction of sp³-hybridized carbons (Fsp3) is 0.483. The third-order valence-corrected chi connectivity index (χ3v) is 6.54. The maximum absolute atomic E-state index is 13.8. The van der Waals surface area contributed by atoms with Crippen molar-refractivity contribution in [2.24, 2.45) is 5.92 Å². The highest BCUT2D eigenvalue weighted by Gasteiger charge is 2.37. The zero-order chi connectivity index (χ0) is 27.4. The Balaban J connectivity index is 1.61. The predicted molar refractivity (Wildman–Crippen MR) is 143 cm³/mol. The van der Waals surface area contributed by atoms with Gasteiger partial charge in [-0.2, -0.15) is 0 Å². The Kier molecular flexibility index (Phi) is 8.26. The number of fused-ring (bicyclic) bond motifs is 1. The van der Waals surface area contributed by atoms with E-state index in [2.05, 4.69) is 10.8 Å². The normalized spacial score (nSPS) is 15.6. The summed E-state index contributed by atoms with van der Waals surface area (Å²) in [5.41, 5.74) is 4.69. The molecule has 1 fully saturated rings. The van der Waals surface area contributed by atoms with Gasteiger partial charge in [0.1, 0.15) is 0 Å². The first-order valence-corrected chi connectivity index (χ1v) is 13.1. The zero-order valence-electron chi connectivity index (χ0n) is 22.8. The maximum atomic E-state index is 13.8. The van der Waals surface area contributed by atoms with Gasteiger partial charge in [0.25, 0.3) is 5.91 Å². The second-order valence-corrected chi connectivity index (χ2v) is 10.7. The highest BCUT2D eigenvalue weighted by Crippen LogP contribution is 2.40. The zero-order valence-corrected chi connectivity index (χ0v) is 22.8. The van der Waals surface area contributed by atoms with Crippen LogP contribution in [-0.4, -0.2) is 41.9 Å². The van der Waals surface area contributed by atoms with E-state index in [1.165, 1.54) is 0 Å². The topological polar surface area (TPSA) is 106 Å². The van der Waals surface area contributed by atoms with Crippen LogP contribution in [0.1, 0.15) is 80.9 Å². The lowest BCUT2D eigenvalue weighted by Gasteiger charge is -2.29. The summed E-state index contributed by atoms with van der Waals surface area (Å²) in [5.74, 6) is 0.678. The van der Waals surface area contributed by atoms with Crippen LogP contribution in [0.3, 0.4) is 0 Å². The summed E-state index contributed by atoms with van der Waals surface area (Å²) in [7, 11) is 1.58. The molecule has 3 amide bonds. The fourth-order valence-corrected chi connectivity index (χ4v) is 4.52.